The second-order valence-electron chi connectivity index (χ2n) is 5.51. The molecule has 0 unspecified atom stereocenters. The van der Waals surface area contributed by atoms with Crippen molar-refractivity contribution in [2.24, 2.45) is 0 Å². The van der Waals surface area contributed by atoms with Crippen LogP contribution in [0, 0.1) is 0 Å². The molecule has 0 bridgehead atoms. The highest BCUT2D eigenvalue weighted by Gasteiger charge is 2.12. The van der Waals surface area contributed by atoms with Gasteiger partial charge in [-0.2, -0.15) is 8.42 Å². The van der Waals surface area contributed by atoms with Crippen molar-refractivity contribution in [3.8, 4) is 0 Å². The smallest absolute Gasteiger partial charge is 0.282 e. The fourth-order valence-electron chi connectivity index (χ4n) is 2.25. The Bertz CT molecular complexity index is 345. The van der Waals surface area contributed by atoms with Gasteiger partial charge in [0.25, 0.3) is 10.1 Å². The maximum atomic E-state index is 11.3. The molecule has 0 fully saturated rings. The van der Waals surface area contributed by atoms with Gasteiger partial charge < -0.3 is 0 Å². The summed E-state index contributed by atoms with van der Waals surface area (Å²) < 4.78 is 31.8. The minimum absolute atomic E-state index is 0.226. The summed E-state index contributed by atoms with van der Waals surface area (Å²) >= 11 is 0. The first-order valence-corrected chi connectivity index (χ1v) is 9.62. The van der Waals surface area contributed by atoms with E-state index in [-0.39, 0.29) is 4.91 Å². The van der Waals surface area contributed by atoms with Crippen LogP contribution < -0.4 is 0 Å². The Balaban J connectivity index is 4.02. The molecule has 0 aromatic rings. The lowest BCUT2D eigenvalue weighted by Crippen LogP contribution is -2.02. The van der Waals surface area contributed by atoms with Crippen LogP contribution in [0.5, 0.6) is 0 Å². The van der Waals surface area contributed by atoms with Crippen molar-refractivity contribution in [1.82, 2.24) is 0 Å². The van der Waals surface area contributed by atoms with E-state index in [2.05, 4.69) is 13.8 Å². The summed E-state index contributed by atoms with van der Waals surface area (Å²) in [6, 6.07) is 0. The number of hydrogen-bond donors (Lipinski definition) is 1. The van der Waals surface area contributed by atoms with Gasteiger partial charge in [0.1, 0.15) is 0 Å². The molecule has 20 heavy (non-hydrogen) atoms. The average molecular weight is 304 g/mol. The van der Waals surface area contributed by atoms with Crippen LogP contribution in [0.4, 0.5) is 0 Å². The van der Waals surface area contributed by atoms with E-state index in [9.17, 15) is 13.0 Å². The molecule has 0 spiro atoms. The monoisotopic (exact) mass is 304 g/mol. The highest BCUT2D eigenvalue weighted by atomic mass is 32.2. The third-order valence-corrected chi connectivity index (χ3v) is 4.57. The van der Waals surface area contributed by atoms with Gasteiger partial charge in [-0.3, -0.25) is 4.55 Å². The summed E-state index contributed by atoms with van der Waals surface area (Å²) in [5.41, 5.74) is 0. The predicted octanol–water partition coefficient (Wildman–Crippen LogP) is 5.48. The zero-order chi connectivity index (χ0) is 15.3. The third kappa shape index (κ3) is 11.5. The van der Waals surface area contributed by atoms with Crippen LogP contribution in [-0.2, 0) is 10.1 Å². The largest absolute Gasteiger partial charge is 0.290 e. The van der Waals surface area contributed by atoms with Gasteiger partial charge >= 0.3 is 0 Å². The first-order chi connectivity index (χ1) is 9.52. The lowest BCUT2D eigenvalue weighted by Gasteiger charge is -2.05. The summed E-state index contributed by atoms with van der Waals surface area (Å²) in [5.74, 6) is 0. The van der Waals surface area contributed by atoms with Gasteiger partial charge in [-0.15, -0.1) is 0 Å². The number of rotatable bonds is 13. The van der Waals surface area contributed by atoms with Crippen molar-refractivity contribution in [2.45, 2.75) is 90.9 Å². The molecule has 3 nitrogen and oxygen atoms in total. The first-order valence-electron chi connectivity index (χ1n) is 8.18. The standard InChI is InChI=1S/C16H32O3S/c1-3-5-7-9-11-13-15-16(20(17,18)19)14-12-10-8-6-4-2/h15H,3-14H2,1-2H3,(H,17,18,19). The minimum Gasteiger partial charge on any atom is -0.282 e. The van der Waals surface area contributed by atoms with Gasteiger partial charge in [0.2, 0.25) is 0 Å². The Kier molecular flexibility index (Phi) is 12.2. The van der Waals surface area contributed by atoms with Gasteiger partial charge in [0.15, 0.2) is 0 Å². The summed E-state index contributed by atoms with van der Waals surface area (Å²) in [6.45, 7) is 4.33. The molecule has 0 aromatic carbocycles. The molecule has 0 heterocycles. The lowest BCUT2D eigenvalue weighted by molar-refractivity contribution is 0.487. The summed E-state index contributed by atoms with van der Waals surface area (Å²) in [4.78, 5) is 0.226. The average Bonchev–Trinajstić information content (AvgIpc) is 2.38. The maximum Gasteiger partial charge on any atom is 0.290 e. The fourth-order valence-corrected chi connectivity index (χ4v) is 2.98. The summed E-state index contributed by atoms with van der Waals surface area (Å²) in [6.07, 6.45) is 14.2. The van der Waals surface area contributed by atoms with Gasteiger partial charge in [-0.1, -0.05) is 71.3 Å². The number of allylic oxidation sites excluding steroid dienone is 2. The zero-order valence-corrected chi connectivity index (χ0v) is 14.1. The molecular weight excluding hydrogens is 272 g/mol. The SMILES string of the molecule is CCCCCCCC=C(CCCCCCC)S(=O)(=O)O. The maximum absolute atomic E-state index is 11.3. The molecule has 0 amide bonds. The fraction of sp³-hybridized carbons (Fsp3) is 0.875. The summed E-state index contributed by atoms with van der Waals surface area (Å²) in [5, 5.41) is 0. The highest BCUT2D eigenvalue weighted by molar-refractivity contribution is 7.89. The third-order valence-electron chi connectivity index (χ3n) is 3.54. The molecule has 0 aliphatic heterocycles. The molecule has 0 saturated carbocycles. The first kappa shape index (κ1) is 19.7. The topological polar surface area (TPSA) is 54.4 Å². The quantitative estimate of drug-likeness (QED) is 0.362. The number of hydrogen-bond acceptors (Lipinski definition) is 2. The van der Waals surface area contributed by atoms with Gasteiger partial charge in [-0.05, 0) is 25.7 Å². The van der Waals surface area contributed by atoms with Crippen LogP contribution in [0.15, 0.2) is 11.0 Å². The van der Waals surface area contributed by atoms with Crippen LogP contribution in [0.3, 0.4) is 0 Å². The van der Waals surface area contributed by atoms with Gasteiger partial charge in [-0.25, -0.2) is 0 Å². The van der Waals surface area contributed by atoms with Crippen molar-refractivity contribution in [2.75, 3.05) is 0 Å². The summed E-state index contributed by atoms with van der Waals surface area (Å²) in [7, 11) is -3.99. The van der Waals surface area contributed by atoms with Crippen molar-refractivity contribution in [3.63, 3.8) is 0 Å². The second kappa shape index (κ2) is 12.4. The predicted molar refractivity (Wildman–Crippen MR) is 86.4 cm³/mol. The van der Waals surface area contributed by atoms with E-state index in [1.807, 2.05) is 0 Å². The molecule has 0 aromatic heterocycles. The Hall–Kier alpha value is -0.350. The van der Waals surface area contributed by atoms with E-state index in [0.29, 0.717) is 6.42 Å². The van der Waals surface area contributed by atoms with E-state index >= 15 is 0 Å². The van der Waals surface area contributed by atoms with Crippen LogP contribution in [0.2, 0.25) is 0 Å². The molecule has 0 atom stereocenters. The Morgan fingerprint density at radius 2 is 1.35 bits per heavy atom. The van der Waals surface area contributed by atoms with Crippen LogP contribution >= 0.6 is 0 Å². The van der Waals surface area contributed by atoms with Crippen molar-refractivity contribution in [3.05, 3.63) is 11.0 Å². The van der Waals surface area contributed by atoms with Crippen molar-refractivity contribution < 1.29 is 13.0 Å². The van der Waals surface area contributed by atoms with Crippen molar-refractivity contribution in [1.29, 1.82) is 0 Å². The molecule has 0 rings (SSSR count). The van der Waals surface area contributed by atoms with Gasteiger partial charge in [0, 0.05) is 0 Å². The number of unbranched alkanes of at least 4 members (excludes halogenated alkanes) is 9. The Morgan fingerprint density at radius 1 is 0.850 bits per heavy atom. The molecule has 1 N–H and O–H groups in total. The van der Waals surface area contributed by atoms with Gasteiger partial charge in [0.05, 0.1) is 4.91 Å². The molecule has 0 radical (unpaired) electrons. The highest BCUT2D eigenvalue weighted by Crippen LogP contribution is 2.17. The second-order valence-corrected chi connectivity index (χ2v) is 6.99. The van der Waals surface area contributed by atoms with E-state index in [1.54, 1.807) is 6.08 Å². The van der Waals surface area contributed by atoms with E-state index < -0.39 is 10.1 Å². The van der Waals surface area contributed by atoms with E-state index in [0.717, 1.165) is 38.5 Å². The molecule has 0 aliphatic carbocycles. The van der Waals surface area contributed by atoms with Crippen LogP contribution in [-0.4, -0.2) is 13.0 Å². The minimum atomic E-state index is -3.99. The van der Waals surface area contributed by atoms with Crippen molar-refractivity contribution >= 4 is 10.1 Å². The molecular formula is C16H32O3S. The normalized spacial score (nSPS) is 12.8. The zero-order valence-electron chi connectivity index (χ0n) is 13.2. The lowest BCUT2D eigenvalue weighted by atomic mass is 10.1. The van der Waals surface area contributed by atoms with Crippen LogP contribution in [0.25, 0.3) is 0 Å². The molecule has 0 saturated heterocycles. The Morgan fingerprint density at radius 3 is 1.85 bits per heavy atom. The molecule has 120 valence electrons. The van der Waals surface area contributed by atoms with E-state index in [1.165, 1.54) is 32.1 Å². The Labute approximate surface area is 125 Å². The molecule has 4 heteroatoms. The van der Waals surface area contributed by atoms with E-state index in [4.69, 9.17) is 0 Å². The molecule has 0 aliphatic rings. The van der Waals surface area contributed by atoms with Crippen LogP contribution in [0.1, 0.15) is 90.9 Å².